The van der Waals surface area contributed by atoms with Gasteiger partial charge in [0.25, 0.3) is 0 Å². The van der Waals surface area contributed by atoms with E-state index in [-0.39, 0.29) is 12.2 Å². The fraction of sp³-hybridized carbons (Fsp3) is 0.714. The van der Waals surface area contributed by atoms with Gasteiger partial charge in [-0.15, -0.1) is 0 Å². The largest absolute Gasteiger partial charge is 0.493 e. The topological polar surface area (TPSA) is 36.9 Å². The second-order valence-corrected chi connectivity index (χ2v) is 7.26. The zero-order valence-electron chi connectivity index (χ0n) is 16.4. The van der Waals surface area contributed by atoms with Crippen molar-refractivity contribution in [3.63, 3.8) is 0 Å². The number of hydrogen-bond donors (Lipinski definition) is 0. The summed E-state index contributed by atoms with van der Waals surface area (Å²) in [7, 11) is 3.35. The summed E-state index contributed by atoms with van der Waals surface area (Å²) in [5.41, 5.74) is 1.15. The first kappa shape index (κ1) is 20.1. The van der Waals surface area contributed by atoms with Gasteiger partial charge in [-0.1, -0.05) is 32.3 Å². The Balaban J connectivity index is 2.21. The number of rotatable bonds is 9. The highest BCUT2D eigenvalue weighted by molar-refractivity contribution is 5.44. The minimum absolute atomic E-state index is 0.0400. The molecule has 1 unspecified atom stereocenters. The van der Waals surface area contributed by atoms with Crippen molar-refractivity contribution in [2.45, 2.75) is 65.1 Å². The van der Waals surface area contributed by atoms with Gasteiger partial charge < -0.3 is 18.9 Å². The van der Waals surface area contributed by atoms with Gasteiger partial charge in [0.05, 0.1) is 19.3 Å². The normalized spacial score (nSPS) is 22.0. The third kappa shape index (κ3) is 5.61. The minimum atomic E-state index is 0.0400. The molecule has 142 valence electrons. The number of benzene rings is 1. The predicted molar refractivity (Wildman–Crippen MR) is 100 cm³/mol. The van der Waals surface area contributed by atoms with Crippen molar-refractivity contribution < 1.29 is 18.9 Å². The first-order valence-electron chi connectivity index (χ1n) is 9.54. The van der Waals surface area contributed by atoms with Crippen LogP contribution in [-0.2, 0) is 9.47 Å². The van der Waals surface area contributed by atoms with Gasteiger partial charge in [-0.3, -0.25) is 0 Å². The highest BCUT2D eigenvalue weighted by atomic mass is 16.7. The second-order valence-electron chi connectivity index (χ2n) is 7.26. The summed E-state index contributed by atoms with van der Waals surface area (Å²) in [6.45, 7) is 6.65. The average Bonchev–Trinajstić information content (AvgIpc) is 2.62. The maximum absolute atomic E-state index is 6.10. The summed E-state index contributed by atoms with van der Waals surface area (Å²) < 4.78 is 22.7. The summed E-state index contributed by atoms with van der Waals surface area (Å²) in [5.74, 6) is 2.94. The van der Waals surface area contributed by atoms with Crippen molar-refractivity contribution in [3.8, 4) is 11.5 Å². The van der Waals surface area contributed by atoms with Gasteiger partial charge in [-0.25, -0.2) is 0 Å². The van der Waals surface area contributed by atoms with E-state index in [2.05, 4.69) is 19.1 Å². The molecule has 4 heteroatoms. The molecule has 0 saturated heterocycles. The quantitative estimate of drug-likeness (QED) is 0.562. The summed E-state index contributed by atoms with van der Waals surface area (Å²) in [6.07, 6.45) is 6.42. The van der Waals surface area contributed by atoms with Gasteiger partial charge in [0, 0.05) is 7.11 Å². The molecule has 1 aromatic rings. The first-order valence-corrected chi connectivity index (χ1v) is 9.54. The van der Waals surface area contributed by atoms with Crippen molar-refractivity contribution in [2.75, 3.05) is 21.0 Å². The van der Waals surface area contributed by atoms with Gasteiger partial charge in [0.1, 0.15) is 6.79 Å². The van der Waals surface area contributed by atoms with Crippen LogP contribution in [0.15, 0.2) is 18.2 Å². The molecule has 0 spiro atoms. The minimum Gasteiger partial charge on any atom is -0.493 e. The first-order chi connectivity index (χ1) is 12.1. The van der Waals surface area contributed by atoms with E-state index in [0.29, 0.717) is 12.7 Å². The van der Waals surface area contributed by atoms with Crippen molar-refractivity contribution in [3.05, 3.63) is 23.8 Å². The molecule has 25 heavy (non-hydrogen) atoms. The van der Waals surface area contributed by atoms with Crippen molar-refractivity contribution in [1.82, 2.24) is 0 Å². The molecular weight excluding hydrogens is 316 g/mol. The predicted octanol–water partition coefficient (Wildman–Crippen LogP) is 5.36. The monoisotopic (exact) mass is 350 g/mol. The Morgan fingerprint density at radius 3 is 2.32 bits per heavy atom. The van der Waals surface area contributed by atoms with E-state index in [0.717, 1.165) is 23.0 Å². The molecule has 1 atom stereocenters. The van der Waals surface area contributed by atoms with Crippen molar-refractivity contribution in [2.24, 2.45) is 11.8 Å². The van der Waals surface area contributed by atoms with E-state index in [4.69, 9.17) is 18.9 Å². The average molecular weight is 350 g/mol. The molecule has 4 nitrogen and oxygen atoms in total. The number of hydrogen-bond acceptors (Lipinski definition) is 4. The van der Waals surface area contributed by atoms with Crippen LogP contribution in [0.3, 0.4) is 0 Å². The summed E-state index contributed by atoms with van der Waals surface area (Å²) >= 11 is 0. The molecule has 0 bridgehead atoms. The lowest BCUT2D eigenvalue weighted by molar-refractivity contribution is -0.1000. The van der Waals surface area contributed by atoms with Gasteiger partial charge in [0.15, 0.2) is 11.5 Å². The fourth-order valence-electron chi connectivity index (χ4n) is 3.76. The van der Waals surface area contributed by atoms with E-state index < -0.39 is 0 Å². The van der Waals surface area contributed by atoms with Crippen LogP contribution in [0.1, 0.15) is 64.5 Å². The second kappa shape index (κ2) is 10.0. The molecule has 0 amide bonds. The number of methoxy groups -OCH3 is 2. The molecule has 1 aliphatic carbocycles. The molecule has 0 radical (unpaired) electrons. The fourth-order valence-corrected chi connectivity index (χ4v) is 3.76. The molecule has 1 fully saturated rings. The molecule has 1 aliphatic rings. The van der Waals surface area contributed by atoms with Gasteiger partial charge >= 0.3 is 0 Å². The Bertz CT molecular complexity index is 507. The Morgan fingerprint density at radius 2 is 1.76 bits per heavy atom. The zero-order chi connectivity index (χ0) is 18.2. The van der Waals surface area contributed by atoms with E-state index >= 15 is 0 Å². The van der Waals surface area contributed by atoms with Crippen molar-refractivity contribution in [1.29, 1.82) is 0 Å². The van der Waals surface area contributed by atoms with Gasteiger partial charge in [-0.2, -0.15) is 0 Å². The lowest BCUT2D eigenvalue weighted by atomic mass is 9.77. The highest BCUT2D eigenvalue weighted by Gasteiger charge is 2.29. The smallest absolute Gasteiger partial charge is 0.161 e. The van der Waals surface area contributed by atoms with E-state index in [1.807, 2.05) is 19.9 Å². The SMILES string of the molecule is CCC1CCC(C(OCOC)c2ccc(OC)c(OC(C)C)c2)CC1. The van der Waals surface area contributed by atoms with Crippen LogP contribution in [0.25, 0.3) is 0 Å². The molecule has 0 aromatic heterocycles. The molecule has 0 aliphatic heterocycles. The molecule has 1 aromatic carbocycles. The van der Waals surface area contributed by atoms with E-state index in [1.54, 1.807) is 14.2 Å². The molecule has 2 rings (SSSR count). The molecule has 0 heterocycles. The van der Waals surface area contributed by atoms with Crippen LogP contribution in [0.2, 0.25) is 0 Å². The van der Waals surface area contributed by atoms with E-state index in [9.17, 15) is 0 Å². The summed E-state index contributed by atoms with van der Waals surface area (Å²) in [4.78, 5) is 0. The lowest BCUT2D eigenvalue weighted by Gasteiger charge is -2.34. The van der Waals surface area contributed by atoms with Crippen LogP contribution < -0.4 is 9.47 Å². The maximum atomic E-state index is 6.10. The van der Waals surface area contributed by atoms with Crippen molar-refractivity contribution >= 4 is 0 Å². The van der Waals surface area contributed by atoms with Gasteiger partial charge in [0.2, 0.25) is 0 Å². The standard InChI is InChI=1S/C21H34O4/c1-6-16-7-9-17(10-8-16)21(24-14-22-4)18-11-12-19(23-5)20(13-18)25-15(2)3/h11-13,15-17,21H,6-10,14H2,1-5H3. The third-order valence-electron chi connectivity index (χ3n) is 5.14. The highest BCUT2D eigenvalue weighted by Crippen LogP contribution is 2.42. The zero-order valence-corrected chi connectivity index (χ0v) is 16.4. The molecule has 1 saturated carbocycles. The summed E-state index contributed by atoms with van der Waals surface area (Å²) in [5, 5.41) is 0. The van der Waals surface area contributed by atoms with Crippen LogP contribution in [0.5, 0.6) is 11.5 Å². The Kier molecular flexibility index (Phi) is 8.04. The molecule has 0 N–H and O–H groups in total. The molecular formula is C21H34O4. The lowest BCUT2D eigenvalue weighted by Crippen LogP contribution is -2.23. The Hall–Kier alpha value is -1.26. The van der Waals surface area contributed by atoms with Crippen LogP contribution in [0, 0.1) is 11.8 Å². The van der Waals surface area contributed by atoms with Crippen LogP contribution >= 0.6 is 0 Å². The van der Waals surface area contributed by atoms with Crippen LogP contribution in [-0.4, -0.2) is 27.1 Å². The maximum Gasteiger partial charge on any atom is 0.161 e. The van der Waals surface area contributed by atoms with E-state index in [1.165, 1.54) is 32.1 Å². The Morgan fingerprint density at radius 1 is 1.04 bits per heavy atom. The summed E-state index contributed by atoms with van der Waals surface area (Å²) in [6, 6.07) is 6.15. The Labute approximate surface area is 152 Å². The third-order valence-corrected chi connectivity index (χ3v) is 5.14. The van der Waals surface area contributed by atoms with Crippen LogP contribution in [0.4, 0.5) is 0 Å². The number of ether oxygens (including phenoxy) is 4. The van der Waals surface area contributed by atoms with Gasteiger partial charge in [-0.05, 0) is 56.2 Å².